The van der Waals surface area contributed by atoms with Crippen molar-refractivity contribution in [2.45, 2.75) is 290 Å². The van der Waals surface area contributed by atoms with E-state index in [9.17, 15) is 28.9 Å². The number of esters is 3. The standard InChI is InChI=1S/C68H117O11P/c1-4-7-10-13-16-19-22-25-28-30-32-34-37-39-42-45-48-51-54-57-66(70)75-61-65(79-68(72)59-56-53-50-47-44-41-38-35-33-31-29-26-23-20-17-14-11-8-5-2)63-77-80(73,74)76-62-64(60-69)78-67(71)58-55-52-49-46-43-40-36-27-24-21-18-15-12-9-6-3/h9,12,17-18,20-21,25-29,36,43,46,52,55,64-65,69H,4-8,10-11,13-16,19,22-24,30-35,37-42,44-45,47-51,53-54,56-63H2,1-3H3,(H,73,74)/b12-9-,20-17-,21-18-,28-25-,29-26-,36-27-,46-43-,55-52-. The molecular formula is C68H117O11P. The number of phosphoric acid groups is 1. The highest BCUT2D eigenvalue weighted by Gasteiger charge is 2.28. The Morgan fingerprint density at radius 2 is 0.700 bits per heavy atom. The first-order valence-electron chi connectivity index (χ1n) is 32.1. The minimum atomic E-state index is -4.78. The van der Waals surface area contributed by atoms with Crippen LogP contribution in [0.2, 0.25) is 0 Å². The fourth-order valence-corrected chi connectivity index (χ4v) is 9.42. The summed E-state index contributed by atoms with van der Waals surface area (Å²) in [5.41, 5.74) is 0. The lowest BCUT2D eigenvalue weighted by Crippen LogP contribution is -2.30. The van der Waals surface area contributed by atoms with Gasteiger partial charge in [0.1, 0.15) is 12.7 Å². The summed E-state index contributed by atoms with van der Waals surface area (Å²) in [6.45, 7) is 4.42. The molecule has 0 saturated carbocycles. The van der Waals surface area contributed by atoms with Crippen molar-refractivity contribution in [3.05, 3.63) is 97.2 Å². The lowest BCUT2D eigenvalue weighted by Gasteiger charge is -2.21. The molecule has 0 bridgehead atoms. The first-order valence-corrected chi connectivity index (χ1v) is 33.6. The number of rotatable bonds is 59. The highest BCUT2D eigenvalue weighted by atomic mass is 31.2. The van der Waals surface area contributed by atoms with Crippen LogP contribution in [-0.2, 0) is 42.2 Å². The zero-order valence-electron chi connectivity index (χ0n) is 51.0. The molecule has 0 aliphatic carbocycles. The van der Waals surface area contributed by atoms with Gasteiger partial charge in [0.25, 0.3) is 0 Å². The molecule has 0 aromatic heterocycles. The third-order valence-electron chi connectivity index (χ3n) is 13.5. The Kier molecular flexibility index (Phi) is 58.7. The summed E-state index contributed by atoms with van der Waals surface area (Å²) in [4.78, 5) is 48.7. The minimum Gasteiger partial charge on any atom is -0.462 e. The molecule has 0 aliphatic rings. The van der Waals surface area contributed by atoms with Crippen molar-refractivity contribution in [3.63, 3.8) is 0 Å². The number of hydrogen-bond donors (Lipinski definition) is 2. The van der Waals surface area contributed by atoms with Crippen molar-refractivity contribution in [1.82, 2.24) is 0 Å². The van der Waals surface area contributed by atoms with Crippen molar-refractivity contribution in [3.8, 4) is 0 Å². The molecule has 0 radical (unpaired) electrons. The van der Waals surface area contributed by atoms with Crippen LogP contribution in [0.3, 0.4) is 0 Å². The molecule has 0 heterocycles. The Morgan fingerprint density at radius 3 is 1.14 bits per heavy atom. The summed E-state index contributed by atoms with van der Waals surface area (Å²) < 4.78 is 39.6. The van der Waals surface area contributed by atoms with Gasteiger partial charge in [-0.05, 0) is 103 Å². The van der Waals surface area contributed by atoms with Gasteiger partial charge in [0.05, 0.1) is 26.2 Å². The Morgan fingerprint density at radius 1 is 0.375 bits per heavy atom. The average Bonchev–Trinajstić information content (AvgIpc) is 3.45. The van der Waals surface area contributed by atoms with Gasteiger partial charge in [-0.3, -0.25) is 23.4 Å². The third-order valence-corrected chi connectivity index (χ3v) is 14.4. The quantitative estimate of drug-likeness (QED) is 0.0197. The fraction of sp³-hybridized carbons (Fsp3) is 0.721. The summed E-state index contributed by atoms with van der Waals surface area (Å²) in [5, 5.41) is 9.82. The van der Waals surface area contributed by atoms with Crippen molar-refractivity contribution in [1.29, 1.82) is 0 Å². The van der Waals surface area contributed by atoms with E-state index in [0.29, 0.717) is 19.3 Å². The highest BCUT2D eigenvalue weighted by molar-refractivity contribution is 7.47. The lowest BCUT2D eigenvalue weighted by atomic mass is 10.1. The number of allylic oxidation sites excluding steroid dienone is 15. The molecule has 0 aromatic carbocycles. The van der Waals surface area contributed by atoms with Gasteiger partial charge in [-0.2, -0.15) is 0 Å². The second-order valence-electron chi connectivity index (χ2n) is 21.2. The summed E-state index contributed by atoms with van der Waals surface area (Å²) in [7, 11) is -4.78. The van der Waals surface area contributed by atoms with E-state index in [0.717, 1.165) is 77.0 Å². The number of carbonyl (C=O) groups is 3. The zero-order valence-corrected chi connectivity index (χ0v) is 51.9. The Hall–Kier alpha value is -3.60. The predicted molar refractivity (Wildman–Crippen MR) is 334 cm³/mol. The van der Waals surface area contributed by atoms with Crippen molar-refractivity contribution in [2.75, 3.05) is 26.4 Å². The van der Waals surface area contributed by atoms with E-state index in [1.807, 2.05) is 18.2 Å². The third kappa shape index (κ3) is 59.0. The van der Waals surface area contributed by atoms with Crippen molar-refractivity contribution < 1.29 is 52.2 Å². The molecule has 460 valence electrons. The molecule has 2 N–H and O–H groups in total. The molecule has 0 amide bonds. The number of carbonyl (C=O) groups excluding carboxylic acids is 3. The number of hydrogen-bond acceptors (Lipinski definition) is 10. The maximum atomic E-state index is 13.0. The SMILES string of the molecule is CC/C=C\C/C=C\C/C=C\C/C=C\C/C=C\CC(=O)OC(CO)COP(=O)(O)OCC(COC(=O)CCCCCCCCCCC/C=C\CCCCCCCC)OC(=O)CCCCCCCCCCC/C=C\C/C=C\CCCCC. The number of aliphatic hydroxyl groups excluding tert-OH is 1. The van der Waals surface area contributed by atoms with Gasteiger partial charge in [0, 0.05) is 12.8 Å². The molecule has 80 heavy (non-hydrogen) atoms. The van der Waals surface area contributed by atoms with E-state index in [1.54, 1.807) is 6.08 Å². The molecular weight excluding hydrogens is 1020 g/mol. The zero-order chi connectivity index (χ0) is 58.3. The molecule has 3 unspecified atom stereocenters. The van der Waals surface area contributed by atoms with Gasteiger partial charge in [0.15, 0.2) is 6.10 Å². The molecule has 11 nitrogen and oxygen atoms in total. The molecule has 0 aromatic rings. The normalized spacial score (nSPS) is 13.9. The maximum Gasteiger partial charge on any atom is 0.472 e. The summed E-state index contributed by atoms with van der Waals surface area (Å²) in [6, 6.07) is 0. The minimum absolute atomic E-state index is 0.0579. The summed E-state index contributed by atoms with van der Waals surface area (Å²) in [5.74, 6) is -1.60. The van der Waals surface area contributed by atoms with Gasteiger partial charge in [-0.25, -0.2) is 4.57 Å². The molecule has 0 fully saturated rings. The Labute approximate surface area is 489 Å². The highest BCUT2D eigenvalue weighted by Crippen LogP contribution is 2.43. The smallest absolute Gasteiger partial charge is 0.462 e. The molecule has 0 rings (SSSR count). The van der Waals surface area contributed by atoms with Crippen molar-refractivity contribution in [2.24, 2.45) is 0 Å². The van der Waals surface area contributed by atoms with Gasteiger partial charge in [-0.1, -0.05) is 253 Å². The predicted octanol–water partition coefficient (Wildman–Crippen LogP) is 19.6. The van der Waals surface area contributed by atoms with Crippen LogP contribution in [-0.4, -0.2) is 66.5 Å². The van der Waals surface area contributed by atoms with Gasteiger partial charge >= 0.3 is 25.7 Å². The van der Waals surface area contributed by atoms with E-state index in [1.165, 1.54) is 141 Å². The van der Waals surface area contributed by atoms with Crippen LogP contribution in [0.15, 0.2) is 97.2 Å². The second-order valence-corrected chi connectivity index (χ2v) is 22.7. The molecule has 3 atom stereocenters. The number of aliphatic hydroxyl groups is 1. The number of phosphoric ester groups is 1. The summed E-state index contributed by atoms with van der Waals surface area (Å²) >= 11 is 0. The summed E-state index contributed by atoms with van der Waals surface area (Å²) in [6.07, 6.45) is 73.9. The topological polar surface area (TPSA) is 155 Å². The average molecular weight is 1140 g/mol. The Bertz CT molecular complexity index is 1710. The van der Waals surface area contributed by atoms with Crippen LogP contribution in [0.1, 0.15) is 278 Å². The molecule has 0 aliphatic heterocycles. The van der Waals surface area contributed by atoms with E-state index in [-0.39, 0.29) is 25.9 Å². The first kappa shape index (κ1) is 76.4. The van der Waals surface area contributed by atoms with Crippen molar-refractivity contribution >= 4 is 25.7 Å². The Balaban J connectivity index is 4.78. The van der Waals surface area contributed by atoms with Gasteiger partial charge < -0.3 is 24.2 Å². The van der Waals surface area contributed by atoms with Crippen LogP contribution < -0.4 is 0 Å². The first-order chi connectivity index (χ1) is 39.2. The number of ether oxygens (including phenoxy) is 3. The van der Waals surface area contributed by atoms with E-state index in [4.69, 9.17) is 23.3 Å². The lowest BCUT2D eigenvalue weighted by molar-refractivity contribution is -0.161. The van der Waals surface area contributed by atoms with E-state index >= 15 is 0 Å². The molecule has 0 saturated heterocycles. The maximum absolute atomic E-state index is 13.0. The van der Waals surface area contributed by atoms with Gasteiger partial charge in [-0.15, -0.1) is 0 Å². The van der Waals surface area contributed by atoms with Crippen LogP contribution in [0.4, 0.5) is 0 Å². The van der Waals surface area contributed by atoms with E-state index in [2.05, 4.69) is 93.7 Å². The monoisotopic (exact) mass is 1140 g/mol. The van der Waals surface area contributed by atoms with Crippen LogP contribution in [0.5, 0.6) is 0 Å². The molecule has 0 spiro atoms. The van der Waals surface area contributed by atoms with E-state index < -0.39 is 57.8 Å². The largest absolute Gasteiger partial charge is 0.472 e. The van der Waals surface area contributed by atoms with Crippen LogP contribution >= 0.6 is 7.82 Å². The molecule has 12 heteroatoms. The number of unbranched alkanes of at least 4 members (excludes halogenated alkanes) is 27. The van der Waals surface area contributed by atoms with Crippen LogP contribution in [0.25, 0.3) is 0 Å². The second kappa shape index (κ2) is 61.5. The fourth-order valence-electron chi connectivity index (χ4n) is 8.63. The van der Waals surface area contributed by atoms with Gasteiger partial charge in [0.2, 0.25) is 0 Å². The van der Waals surface area contributed by atoms with Crippen LogP contribution in [0, 0.1) is 0 Å².